The highest BCUT2D eigenvalue weighted by molar-refractivity contribution is 7.85. The third-order valence-corrected chi connectivity index (χ3v) is 7.24. The minimum absolute atomic E-state index is 0.315. The van der Waals surface area contributed by atoms with E-state index >= 15 is 0 Å². The van der Waals surface area contributed by atoms with Crippen LogP contribution in [0.1, 0.15) is 38.2 Å². The highest BCUT2D eigenvalue weighted by Gasteiger charge is 2.25. The summed E-state index contributed by atoms with van der Waals surface area (Å²) < 4.78 is 12.1. The monoisotopic (exact) mass is 408 g/mol. The summed E-state index contributed by atoms with van der Waals surface area (Å²) in [4.78, 5) is 7.65. The molecule has 3 atom stereocenters. The molecule has 0 radical (unpaired) electrons. The minimum atomic E-state index is -0.707. The van der Waals surface area contributed by atoms with Gasteiger partial charge in [-0.1, -0.05) is 24.9 Å². The Labute approximate surface area is 168 Å². The van der Waals surface area contributed by atoms with E-state index in [1.54, 1.807) is 7.05 Å². The van der Waals surface area contributed by atoms with Crippen molar-refractivity contribution in [3.63, 3.8) is 0 Å². The Morgan fingerprint density at radius 2 is 2.26 bits per heavy atom. The van der Waals surface area contributed by atoms with Crippen LogP contribution in [0.2, 0.25) is 5.02 Å². The molecule has 3 rings (SSSR count). The van der Waals surface area contributed by atoms with Crippen LogP contribution >= 0.6 is 11.6 Å². The maximum absolute atomic E-state index is 12.1. The SMILES string of the molecule is CCS(=O)C1CCCC(NC(=NC)NCCc2c[nH]c3ccc(Cl)cc23)C1. The first-order chi connectivity index (χ1) is 13.1. The predicted octanol–water partition coefficient (Wildman–Crippen LogP) is 3.61. The number of hydrogen-bond acceptors (Lipinski definition) is 2. The predicted molar refractivity (Wildman–Crippen MR) is 116 cm³/mol. The van der Waals surface area contributed by atoms with E-state index in [0.29, 0.717) is 11.3 Å². The molecule has 0 saturated heterocycles. The number of benzene rings is 1. The van der Waals surface area contributed by atoms with Crippen molar-refractivity contribution < 1.29 is 4.21 Å². The number of aromatic nitrogens is 1. The van der Waals surface area contributed by atoms with Gasteiger partial charge in [0, 0.05) is 63.6 Å². The zero-order valence-corrected chi connectivity index (χ0v) is 17.6. The lowest BCUT2D eigenvalue weighted by Crippen LogP contribution is -2.47. The van der Waals surface area contributed by atoms with Crippen LogP contribution in [0.3, 0.4) is 0 Å². The summed E-state index contributed by atoms with van der Waals surface area (Å²) in [5.74, 6) is 1.57. The first-order valence-electron chi connectivity index (χ1n) is 9.70. The van der Waals surface area contributed by atoms with E-state index in [0.717, 1.165) is 60.9 Å². The summed E-state index contributed by atoms with van der Waals surface area (Å²) in [6, 6.07) is 6.26. The number of halogens is 1. The van der Waals surface area contributed by atoms with Crippen LogP contribution in [0.15, 0.2) is 29.4 Å². The number of nitrogens with zero attached hydrogens (tertiary/aromatic N) is 1. The molecule has 0 bridgehead atoms. The third kappa shape index (κ3) is 5.26. The van der Waals surface area contributed by atoms with Crippen molar-refractivity contribution in [1.82, 2.24) is 15.6 Å². The maximum Gasteiger partial charge on any atom is 0.191 e. The summed E-state index contributed by atoms with van der Waals surface area (Å²) in [5, 5.41) is 9.17. The number of aliphatic imine (C=N–C) groups is 1. The summed E-state index contributed by atoms with van der Waals surface area (Å²) in [7, 11) is 1.09. The molecule has 5 nitrogen and oxygen atoms in total. The molecule has 27 heavy (non-hydrogen) atoms. The fraction of sp³-hybridized carbons (Fsp3) is 0.550. The lowest BCUT2D eigenvalue weighted by molar-refractivity contribution is 0.413. The Morgan fingerprint density at radius 1 is 1.41 bits per heavy atom. The molecule has 0 spiro atoms. The normalized spacial score (nSPS) is 22.0. The first-order valence-corrected chi connectivity index (χ1v) is 11.5. The zero-order chi connectivity index (χ0) is 19.2. The van der Waals surface area contributed by atoms with Gasteiger partial charge in [-0.05, 0) is 49.4 Å². The summed E-state index contributed by atoms with van der Waals surface area (Å²) in [6.45, 7) is 2.79. The smallest absolute Gasteiger partial charge is 0.191 e. The second-order valence-electron chi connectivity index (χ2n) is 7.05. The molecular weight excluding hydrogens is 380 g/mol. The second-order valence-corrected chi connectivity index (χ2v) is 9.49. The summed E-state index contributed by atoms with van der Waals surface area (Å²) in [5.41, 5.74) is 2.35. The van der Waals surface area contributed by atoms with Crippen molar-refractivity contribution in [2.75, 3.05) is 19.3 Å². The number of nitrogens with one attached hydrogen (secondary N) is 3. The number of rotatable bonds is 6. The summed E-state index contributed by atoms with van der Waals surface area (Å²) >= 11 is 6.13. The van der Waals surface area contributed by atoms with Gasteiger partial charge in [0.25, 0.3) is 0 Å². The van der Waals surface area contributed by atoms with E-state index in [-0.39, 0.29) is 0 Å². The summed E-state index contributed by atoms with van der Waals surface area (Å²) in [6.07, 6.45) is 7.20. The zero-order valence-electron chi connectivity index (χ0n) is 16.1. The Morgan fingerprint density at radius 3 is 3.04 bits per heavy atom. The molecule has 7 heteroatoms. The standard InChI is InChI=1S/C20H29ClN4OS/c1-3-27(26)17-6-4-5-16(12-17)25-20(22-2)23-10-9-14-13-24-19-8-7-15(21)11-18(14)19/h7-8,11,13,16-17,24H,3-6,9-10,12H2,1-2H3,(H2,22,23,25). The van der Waals surface area contributed by atoms with E-state index in [9.17, 15) is 4.21 Å². The quantitative estimate of drug-likeness (QED) is 0.505. The molecule has 1 aliphatic carbocycles. The van der Waals surface area contributed by atoms with Gasteiger partial charge >= 0.3 is 0 Å². The van der Waals surface area contributed by atoms with E-state index < -0.39 is 10.8 Å². The lowest BCUT2D eigenvalue weighted by Gasteiger charge is -2.30. The molecule has 1 heterocycles. The van der Waals surface area contributed by atoms with Crippen molar-refractivity contribution in [3.8, 4) is 0 Å². The molecule has 0 amide bonds. The van der Waals surface area contributed by atoms with Gasteiger partial charge in [0.1, 0.15) is 0 Å². The lowest BCUT2D eigenvalue weighted by atomic mass is 9.95. The molecule has 3 unspecified atom stereocenters. The van der Waals surface area contributed by atoms with Gasteiger partial charge in [-0.3, -0.25) is 9.20 Å². The van der Waals surface area contributed by atoms with Gasteiger partial charge < -0.3 is 15.6 Å². The second kappa shape index (κ2) is 9.60. The highest BCUT2D eigenvalue weighted by Crippen LogP contribution is 2.24. The third-order valence-electron chi connectivity index (χ3n) is 5.26. The first kappa shape index (κ1) is 20.2. The molecule has 0 aliphatic heterocycles. The fourth-order valence-electron chi connectivity index (χ4n) is 3.81. The molecular formula is C20H29ClN4OS. The minimum Gasteiger partial charge on any atom is -0.361 e. The average Bonchev–Trinajstić information content (AvgIpc) is 3.08. The van der Waals surface area contributed by atoms with E-state index in [1.807, 2.05) is 31.3 Å². The molecule has 1 saturated carbocycles. The van der Waals surface area contributed by atoms with Crippen LogP contribution in [0, 0.1) is 0 Å². The van der Waals surface area contributed by atoms with Gasteiger partial charge in [0.05, 0.1) is 0 Å². The molecule has 1 aliphatic rings. The Balaban J connectivity index is 1.52. The number of guanidine groups is 1. The van der Waals surface area contributed by atoms with Gasteiger partial charge in [0.2, 0.25) is 0 Å². The van der Waals surface area contributed by atoms with Crippen molar-refractivity contribution >= 4 is 39.3 Å². The van der Waals surface area contributed by atoms with E-state index in [2.05, 4.69) is 20.6 Å². The average molecular weight is 409 g/mol. The van der Waals surface area contributed by atoms with E-state index in [4.69, 9.17) is 11.6 Å². The molecule has 3 N–H and O–H groups in total. The molecule has 1 fully saturated rings. The Hall–Kier alpha value is -1.53. The Bertz CT molecular complexity index is 819. The van der Waals surface area contributed by atoms with Crippen LogP contribution in [0.4, 0.5) is 0 Å². The Kier molecular flexibility index (Phi) is 7.19. The number of aromatic amines is 1. The van der Waals surface area contributed by atoms with Crippen molar-refractivity contribution in [3.05, 3.63) is 35.0 Å². The van der Waals surface area contributed by atoms with Crippen molar-refractivity contribution in [1.29, 1.82) is 0 Å². The van der Waals surface area contributed by atoms with Crippen LogP contribution in [0.25, 0.3) is 10.9 Å². The van der Waals surface area contributed by atoms with Crippen LogP contribution in [-0.4, -0.2) is 45.8 Å². The molecule has 148 valence electrons. The number of H-pyrrole nitrogens is 1. The largest absolute Gasteiger partial charge is 0.361 e. The number of hydrogen-bond donors (Lipinski definition) is 3. The number of fused-ring (bicyclic) bond motifs is 1. The highest BCUT2D eigenvalue weighted by atomic mass is 35.5. The van der Waals surface area contributed by atoms with Crippen LogP contribution in [0.5, 0.6) is 0 Å². The van der Waals surface area contributed by atoms with Crippen LogP contribution in [-0.2, 0) is 17.2 Å². The van der Waals surface area contributed by atoms with Crippen LogP contribution < -0.4 is 10.6 Å². The molecule has 1 aromatic carbocycles. The maximum atomic E-state index is 12.1. The van der Waals surface area contributed by atoms with E-state index in [1.165, 1.54) is 10.9 Å². The van der Waals surface area contributed by atoms with Gasteiger partial charge in [-0.15, -0.1) is 0 Å². The fourth-order valence-corrected chi connectivity index (χ4v) is 5.33. The molecule has 1 aromatic heterocycles. The van der Waals surface area contributed by atoms with Gasteiger partial charge in [-0.25, -0.2) is 0 Å². The topological polar surface area (TPSA) is 69.3 Å². The van der Waals surface area contributed by atoms with Crippen molar-refractivity contribution in [2.45, 2.75) is 50.3 Å². The van der Waals surface area contributed by atoms with Gasteiger partial charge in [0.15, 0.2) is 5.96 Å². The van der Waals surface area contributed by atoms with Crippen molar-refractivity contribution in [2.24, 2.45) is 4.99 Å². The van der Waals surface area contributed by atoms with Gasteiger partial charge in [-0.2, -0.15) is 0 Å². The molecule has 2 aromatic rings.